The quantitative estimate of drug-likeness (QED) is 0.867. The molecule has 3 N–H and O–H groups in total. The molecule has 0 saturated heterocycles. The van der Waals surface area contributed by atoms with Gasteiger partial charge in [-0.3, -0.25) is 0 Å². The molecule has 0 fully saturated rings. The molecule has 18 heavy (non-hydrogen) atoms. The second kappa shape index (κ2) is 5.68. The van der Waals surface area contributed by atoms with Crippen molar-refractivity contribution >= 4 is 22.8 Å². The van der Waals surface area contributed by atoms with E-state index >= 15 is 0 Å². The van der Waals surface area contributed by atoms with E-state index in [9.17, 15) is 0 Å². The van der Waals surface area contributed by atoms with Crippen molar-refractivity contribution in [3.8, 4) is 5.88 Å². The third-order valence-corrected chi connectivity index (χ3v) is 3.45. The number of anilines is 2. The lowest BCUT2D eigenvalue weighted by atomic mass is 10.2. The molecule has 2 rings (SSSR count). The molecule has 2 aromatic heterocycles. The Morgan fingerprint density at radius 3 is 2.89 bits per heavy atom. The summed E-state index contributed by atoms with van der Waals surface area (Å²) in [5.41, 5.74) is 8.90. The highest BCUT2D eigenvalue weighted by atomic mass is 32.1. The van der Waals surface area contributed by atoms with Gasteiger partial charge in [-0.05, 0) is 35.7 Å². The molecule has 5 nitrogen and oxygen atoms in total. The number of hydrogen-bond donors (Lipinski definition) is 2. The maximum absolute atomic E-state index is 5.94. The Hall–Kier alpha value is -1.82. The van der Waals surface area contributed by atoms with Crippen LogP contribution in [0.5, 0.6) is 5.88 Å². The van der Waals surface area contributed by atoms with Gasteiger partial charge in [0.05, 0.1) is 6.61 Å². The maximum atomic E-state index is 5.94. The van der Waals surface area contributed by atoms with Crippen LogP contribution in [0.2, 0.25) is 0 Å². The molecule has 0 aromatic carbocycles. The minimum absolute atomic E-state index is 0.428. The first kappa shape index (κ1) is 12.6. The van der Waals surface area contributed by atoms with Crippen molar-refractivity contribution in [1.29, 1.82) is 0 Å². The zero-order valence-corrected chi connectivity index (χ0v) is 11.3. The van der Waals surface area contributed by atoms with Crippen molar-refractivity contribution in [2.24, 2.45) is 0 Å². The van der Waals surface area contributed by atoms with E-state index in [1.54, 1.807) is 11.3 Å². The number of ether oxygens (including phenoxy) is 1. The van der Waals surface area contributed by atoms with E-state index in [4.69, 9.17) is 10.5 Å². The van der Waals surface area contributed by atoms with Crippen LogP contribution in [-0.4, -0.2) is 16.6 Å². The van der Waals surface area contributed by atoms with E-state index in [-0.39, 0.29) is 0 Å². The highest BCUT2D eigenvalue weighted by Crippen LogP contribution is 2.25. The van der Waals surface area contributed by atoms with Gasteiger partial charge in [-0.2, -0.15) is 16.3 Å². The fourth-order valence-electron chi connectivity index (χ4n) is 1.52. The van der Waals surface area contributed by atoms with Gasteiger partial charge in [0.25, 0.3) is 0 Å². The topological polar surface area (TPSA) is 73.1 Å². The summed E-state index contributed by atoms with van der Waals surface area (Å²) in [5.74, 6) is 1.04. The first-order chi connectivity index (χ1) is 8.72. The summed E-state index contributed by atoms with van der Waals surface area (Å²) in [5, 5.41) is 7.44. The Labute approximate surface area is 110 Å². The molecular weight excluding hydrogens is 248 g/mol. The average Bonchev–Trinajstić information content (AvgIpc) is 2.76. The summed E-state index contributed by atoms with van der Waals surface area (Å²) in [7, 11) is 0. The van der Waals surface area contributed by atoms with E-state index in [1.807, 2.05) is 6.92 Å². The Bertz CT molecular complexity index is 527. The molecule has 0 aliphatic rings. The molecule has 0 aliphatic heterocycles. The summed E-state index contributed by atoms with van der Waals surface area (Å²) < 4.78 is 5.32. The van der Waals surface area contributed by atoms with Gasteiger partial charge in [-0.1, -0.05) is 0 Å². The lowest BCUT2D eigenvalue weighted by Crippen LogP contribution is -2.08. The van der Waals surface area contributed by atoms with Crippen LogP contribution >= 0.6 is 11.3 Å². The Balaban J connectivity index is 2.10. The van der Waals surface area contributed by atoms with Gasteiger partial charge in [0.15, 0.2) is 5.82 Å². The van der Waals surface area contributed by atoms with Gasteiger partial charge >= 0.3 is 0 Å². The van der Waals surface area contributed by atoms with E-state index in [0.29, 0.717) is 30.5 Å². The molecule has 2 aromatic rings. The SMILES string of the molecule is CCOc1ncnc(NCc2cscc2C)c1N. The second-order valence-corrected chi connectivity index (χ2v) is 4.55. The van der Waals surface area contributed by atoms with Crippen LogP contribution < -0.4 is 15.8 Å². The van der Waals surface area contributed by atoms with E-state index in [1.165, 1.54) is 17.5 Å². The van der Waals surface area contributed by atoms with Crippen LogP contribution in [0.3, 0.4) is 0 Å². The molecule has 0 radical (unpaired) electrons. The molecule has 0 bridgehead atoms. The van der Waals surface area contributed by atoms with Gasteiger partial charge in [-0.25, -0.2) is 4.98 Å². The Morgan fingerprint density at radius 2 is 2.22 bits per heavy atom. The second-order valence-electron chi connectivity index (χ2n) is 3.81. The Kier molecular flexibility index (Phi) is 3.99. The number of nitrogen functional groups attached to an aromatic ring is 1. The molecule has 96 valence electrons. The highest BCUT2D eigenvalue weighted by Gasteiger charge is 2.09. The lowest BCUT2D eigenvalue weighted by molar-refractivity contribution is 0.328. The number of nitrogens with two attached hydrogens (primary N) is 1. The zero-order valence-electron chi connectivity index (χ0n) is 10.4. The number of hydrogen-bond acceptors (Lipinski definition) is 6. The Morgan fingerprint density at radius 1 is 1.39 bits per heavy atom. The van der Waals surface area contributed by atoms with Crippen LogP contribution in [0.4, 0.5) is 11.5 Å². The van der Waals surface area contributed by atoms with Gasteiger partial charge in [-0.15, -0.1) is 0 Å². The fraction of sp³-hybridized carbons (Fsp3) is 0.333. The fourth-order valence-corrected chi connectivity index (χ4v) is 2.38. The predicted molar refractivity (Wildman–Crippen MR) is 74.0 cm³/mol. The molecule has 6 heteroatoms. The predicted octanol–water partition coefficient (Wildman–Crippen LogP) is 2.44. The molecule has 0 atom stereocenters. The number of aryl methyl sites for hydroxylation is 1. The lowest BCUT2D eigenvalue weighted by Gasteiger charge is -2.10. The van der Waals surface area contributed by atoms with Gasteiger partial charge < -0.3 is 15.8 Å². The van der Waals surface area contributed by atoms with E-state index < -0.39 is 0 Å². The van der Waals surface area contributed by atoms with Crippen LogP contribution in [0.25, 0.3) is 0 Å². The smallest absolute Gasteiger partial charge is 0.242 e. The number of nitrogens with zero attached hydrogens (tertiary/aromatic N) is 2. The average molecular weight is 264 g/mol. The van der Waals surface area contributed by atoms with Crippen molar-refractivity contribution in [2.45, 2.75) is 20.4 Å². The summed E-state index contributed by atoms with van der Waals surface area (Å²) in [4.78, 5) is 8.12. The molecule has 2 heterocycles. The summed E-state index contributed by atoms with van der Waals surface area (Å²) in [6, 6.07) is 0. The van der Waals surface area contributed by atoms with Crippen LogP contribution in [0, 0.1) is 6.92 Å². The first-order valence-electron chi connectivity index (χ1n) is 5.71. The van der Waals surface area contributed by atoms with Crippen LogP contribution in [0.15, 0.2) is 17.1 Å². The van der Waals surface area contributed by atoms with Crippen molar-refractivity contribution in [1.82, 2.24) is 9.97 Å². The highest BCUT2D eigenvalue weighted by molar-refractivity contribution is 7.08. The monoisotopic (exact) mass is 264 g/mol. The van der Waals surface area contributed by atoms with Crippen molar-refractivity contribution in [2.75, 3.05) is 17.7 Å². The van der Waals surface area contributed by atoms with Crippen LogP contribution in [-0.2, 0) is 6.54 Å². The first-order valence-corrected chi connectivity index (χ1v) is 6.65. The normalized spacial score (nSPS) is 10.3. The minimum Gasteiger partial charge on any atom is -0.476 e. The van der Waals surface area contributed by atoms with Crippen molar-refractivity contribution in [3.05, 3.63) is 28.2 Å². The minimum atomic E-state index is 0.428. The van der Waals surface area contributed by atoms with Gasteiger partial charge in [0, 0.05) is 6.54 Å². The molecule has 0 aliphatic carbocycles. The summed E-state index contributed by atoms with van der Waals surface area (Å²) >= 11 is 1.69. The van der Waals surface area contributed by atoms with Gasteiger partial charge in [0.2, 0.25) is 5.88 Å². The van der Waals surface area contributed by atoms with E-state index in [0.717, 1.165) is 0 Å². The molecular formula is C12H16N4OS. The van der Waals surface area contributed by atoms with E-state index in [2.05, 4.69) is 33.0 Å². The number of nitrogens with one attached hydrogen (secondary N) is 1. The van der Waals surface area contributed by atoms with Crippen molar-refractivity contribution < 1.29 is 4.74 Å². The summed E-state index contributed by atoms with van der Waals surface area (Å²) in [6.45, 7) is 5.21. The number of aromatic nitrogens is 2. The maximum Gasteiger partial charge on any atom is 0.242 e. The van der Waals surface area contributed by atoms with Gasteiger partial charge in [0.1, 0.15) is 12.0 Å². The molecule has 0 amide bonds. The van der Waals surface area contributed by atoms with Crippen LogP contribution in [0.1, 0.15) is 18.1 Å². The molecule has 0 unspecified atom stereocenters. The molecule has 0 spiro atoms. The molecule has 0 saturated carbocycles. The number of thiophene rings is 1. The standard InChI is InChI=1S/C12H16N4OS/c1-3-17-12-10(13)11(15-7-16-12)14-4-9-6-18-5-8(9)2/h5-7H,3-4,13H2,1-2H3,(H,14,15,16). The zero-order chi connectivity index (χ0) is 13.0. The van der Waals surface area contributed by atoms with Crippen molar-refractivity contribution in [3.63, 3.8) is 0 Å². The third-order valence-electron chi connectivity index (χ3n) is 2.54. The number of rotatable bonds is 5. The largest absolute Gasteiger partial charge is 0.476 e. The third kappa shape index (κ3) is 2.70. The summed E-state index contributed by atoms with van der Waals surface area (Å²) in [6.07, 6.45) is 1.45.